The molecule has 0 atom stereocenters. The summed E-state index contributed by atoms with van der Waals surface area (Å²) in [6.45, 7) is 0. The van der Waals surface area contributed by atoms with E-state index in [1.54, 1.807) is 36.7 Å². The summed E-state index contributed by atoms with van der Waals surface area (Å²) in [5.74, 6) is -1.54. The Kier molecular flexibility index (Phi) is 8.49. The van der Waals surface area contributed by atoms with Crippen LogP contribution in [-0.4, -0.2) is 33.1 Å². The van der Waals surface area contributed by atoms with Crippen molar-refractivity contribution in [1.29, 1.82) is 5.26 Å². The van der Waals surface area contributed by atoms with Crippen molar-refractivity contribution in [1.82, 2.24) is 9.97 Å². The van der Waals surface area contributed by atoms with Gasteiger partial charge in [0.05, 0.1) is 11.4 Å². The molecule has 0 radical (unpaired) electrons. The van der Waals surface area contributed by atoms with E-state index in [0.717, 1.165) is 53.6 Å². The van der Waals surface area contributed by atoms with Crippen molar-refractivity contribution in [2.45, 2.75) is 50.6 Å². The molecule has 3 N–H and O–H groups in total. The molecule has 4 aromatic rings. The molecule has 41 heavy (non-hydrogen) atoms. The number of anilines is 2. The summed E-state index contributed by atoms with van der Waals surface area (Å²) >= 11 is 0. The van der Waals surface area contributed by atoms with Crippen LogP contribution in [0.25, 0.3) is 0 Å². The smallest absolute Gasteiger partial charge is 0.356 e. The van der Waals surface area contributed by atoms with Gasteiger partial charge in [0.15, 0.2) is 11.4 Å². The molecule has 208 valence electrons. The van der Waals surface area contributed by atoms with Gasteiger partial charge in [0.1, 0.15) is 17.7 Å². The third-order valence-corrected chi connectivity index (χ3v) is 6.71. The molecule has 6 rings (SSSR count). The average molecular weight is 554 g/mol. The Balaban J connectivity index is 0.000000165. The number of aromatic carboxylic acids is 1. The van der Waals surface area contributed by atoms with Gasteiger partial charge >= 0.3 is 5.97 Å². The first-order valence-corrected chi connectivity index (χ1v) is 13.5. The number of aromatic nitrogens is 2. The van der Waals surface area contributed by atoms with E-state index in [2.05, 4.69) is 26.7 Å². The van der Waals surface area contributed by atoms with Crippen LogP contribution in [0.5, 0.6) is 0 Å². The quantitative estimate of drug-likeness (QED) is 0.222. The van der Waals surface area contributed by atoms with E-state index < -0.39 is 5.97 Å². The van der Waals surface area contributed by atoms with Gasteiger partial charge in [-0.25, -0.2) is 23.5 Å². The summed E-state index contributed by atoms with van der Waals surface area (Å²) < 4.78 is 25.8. The second-order valence-corrected chi connectivity index (χ2v) is 10.3. The van der Waals surface area contributed by atoms with Gasteiger partial charge < -0.3 is 15.7 Å². The van der Waals surface area contributed by atoms with Gasteiger partial charge in [-0.15, -0.1) is 0 Å². The molecule has 0 saturated heterocycles. The first-order valence-electron chi connectivity index (χ1n) is 13.5. The van der Waals surface area contributed by atoms with E-state index in [1.165, 1.54) is 24.3 Å². The molecule has 2 aliphatic carbocycles. The van der Waals surface area contributed by atoms with Gasteiger partial charge in [-0.1, -0.05) is 24.3 Å². The number of hydrogen-bond acceptors (Lipinski definition) is 6. The topological polar surface area (TPSA) is 111 Å². The Labute approximate surface area is 236 Å². The zero-order valence-electron chi connectivity index (χ0n) is 22.3. The Morgan fingerprint density at radius 3 is 1.71 bits per heavy atom. The zero-order valence-corrected chi connectivity index (χ0v) is 22.3. The van der Waals surface area contributed by atoms with Crippen LogP contribution in [0, 0.1) is 23.0 Å². The maximum atomic E-state index is 12.9. The Morgan fingerprint density at radius 2 is 1.24 bits per heavy atom. The van der Waals surface area contributed by atoms with E-state index >= 15 is 0 Å². The monoisotopic (exact) mass is 553 g/mol. The maximum absolute atomic E-state index is 12.9. The fourth-order valence-electron chi connectivity index (χ4n) is 4.26. The number of nitrogens with one attached hydrogen (secondary N) is 2. The van der Waals surface area contributed by atoms with Crippen LogP contribution in [0.4, 0.5) is 20.2 Å². The Bertz CT molecular complexity index is 1560. The molecule has 0 spiro atoms. The number of halogens is 2. The van der Waals surface area contributed by atoms with Gasteiger partial charge in [0, 0.05) is 24.5 Å². The van der Waals surface area contributed by atoms with Crippen molar-refractivity contribution >= 4 is 17.3 Å². The van der Waals surface area contributed by atoms with Crippen LogP contribution >= 0.6 is 0 Å². The highest BCUT2D eigenvalue weighted by atomic mass is 19.1. The van der Waals surface area contributed by atoms with Crippen molar-refractivity contribution < 1.29 is 18.7 Å². The van der Waals surface area contributed by atoms with Crippen LogP contribution in [0.15, 0.2) is 73.1 Å². The van der Waals surface area contributed by atoms with Crippen molar-refractivity contribution in [2.24, 2.45) is 0 Å². The largest absolute Gasteiger partial charge is 0.476 e. The molecule has 2 aliphatic rings. The van der Waals surface area contributed by atoms with E-state index in [4.69, 9.17) is 10.4 Å². The van der Waals surface area contributed by atoms with Crippen LogP contribution in [0.3, 0.4) is 0 Å². The first-order chi connectivity index (χ1) is 19.9. The van der Waals surface area contributed by atoms with Gasteiger partial charge in [-0.2, -0.15) is 5.26 Å². The molecule has 0 amide bonds. The number of hydrogen-bond donors (Lipinski definition) is 3. The number of benzene rings is 2. The number of nitrogens with zero attached hydrogens (tertiary/aromatic N) is 3. The van der Waals surface area contributed by atoms with Crippen molar-refractivity contribution in [3.8, 4) is 6.07 Å². The predicted molar refractivity (Wildman–Crippen MR) is 152 cm³/mol. The van der Waals surface area contributed by atoms with Crippen LogP contribution in [0.1, 0.15) is 64.1 Å². The van der Waals surface area contributed by atoms with Crippen molar-refractivity contribution in [3.05, 3.63) is 118 Å². The lowest BCUT2D eigenvalue weighted by Gasteiger charge is -2.10. The predicted octanol–water partition coefficient (Wildman–Crippen LogP) is 6.34. The van der Waals surface area contributed by atoms with Crippen LogP contribution < -0.4 is 10.6 Å². The molecule has 2 heterocycles. The lowest BCUT2D eigenvalue weighted by atomic mass is 10.1. The fourth-order valence-corrected chi connectivity index (χ4v) is 4.26. The minimum Gasteiger partial charge on any atom is -0.476 e. The first kappa shape index (κ1) is 27.7. The average Bonchev–Trinajstić information content (AvgIpc) is 3.90. The summed E-state index contributed by atoms with van der Waals surface area (Å²) in [4.78, 5) is 19.4. The summed E-state index contributed by atoms with van der Waals surface area (Å²) in [7, 11) is 0. The fraction of sp³-hybridized carbons (Fsp3) is 0.250. The van der Waals surface area contributed by atoms with Gasteiger partial charge in [0.2, 0.25) is 0 Å². The minimum absolute atomic E-state index is 0.0461. The highest BCUT2D eigenvalue weighted by Crippen LogP contribution is 2.28. The Morgan fingerprint density at radius 1 is 0.780 bits per heavy atom. The van der Waals surface area contributed by atoms with E-state index in [1.807, 2.05) is 12.1 Å². The summed E-state index contributed by atoms with van der Waals surface area (Å²) in [6, 6.07) is 19.4. The molecule has 7 nitrogen and oxygen atoms in total. The van der Waals surface area contributed by atoms with Crippen molar-refractivity contribution in [2.75, 3.05) is 10.6 Å². The second-order valence-electron chi connectivity index (χ2n) is 10.3. The SMILES string of the molecule is N#Cc1ncc(Cc2ccc(F)cc2)cc1NC1CC1.O=C(O)c1ncc(Cc2ccc(F)cc2)cc1NC1CC1. The van der Waals surface area contributed by atoms with Crippen molar-refractivity contribution in [3.63, 3.8) is 0 Å². The molecule has 0 bridgehead atoms. The molecule has 2 aromatic heterocycles. The molecule has 0 unspecified atom stereocenters. The summed E-state index contributed by atoms with van der Waals surface area (Å²) in [6.07, 6.45) is 8.94. The third kappa shape index (κ3) is 8.08. The van der Waals surface area contributed by atoms with Gasteiger partial charge in [0.25, 0.3) is 0 Å². The van der Waals surface area contributed by atoms with E-state index in [9.17, 15) is 13.6 Å². The summed E-state index contributed by atoms with van der Waals surface area (Å²) in [5, 5.41) is 24.8. The molecule has 2 saturated carbocycles. The lowest BCUT2D eigenvalue weighted by Crippen LogP contribution is -2.10. The maximum Gasteiger partial charge on any atom is 0.356 e. The highest BCUT2D eigenvalue weighted by Gasteiger charge is 2.24. The molecule has 0 aliphatic heterocycles. The van der Waals surface area contributed by atoms with E-state index in [-0.39, 0.29) is 17.3 Å². The Hall–Kier alpha value is -4.84. The number of pyridine rings is 2. The molecular formula is C32H29F2N5O2. The van der Waals surface area contributed by atoms with Crippen LogP contribution in [0.2, 0.25) is 0 Å². The van der Waals surface area contributed by atoms with Crippen LogP contribution in [-0.2, 0) is 12.8 Å². The normalized spacial score (nSPS) is 13.9. The third-order valence-electron chi connectivity index (χ3n) is 6.71. The van der Waals surface area contributed by atoms with Gasteiger partial charge in [-0.05, 0) is 97.2 Å². The van der Waals surface area contributed by atoms with Gasteiger partial charge in [-0.3, -0.25) is 0 Å². The second kappa shape index (κ2) is 12.6. The van der Waals surface area contributed by atoms with E-state index in [0.29, 0.717) is 36.3 Å². The zero-order chi connectivity index (χ0) is 28.8. The molecule has 9 heteroatoms. The summed E-state index contributed by atoms with van der Waals surface area (Å²) in [5.41, 5.74) is 5.73. The standard InChI is InChI=1S/C16H14FN3.C16H15FN2O2/c17-13-3-1-11(2-4-13)7-12-8-15(20-14-5-6-14)16(9-18)19-10-12;17-12-3-1-10(2-4-12)7-11-8-14(19-13-5-6-13)15(16(20)21)18-9-11/h1-4,8,10,14,20H,5-7H2;1-4,8-9,13,19H,5-7H2,(H,20,21). The molecule has 2 aromatic carbocycles. The number of nitriles is 1. The highest BCUT2D eigenvalue weighted by molar-refractivity contribution is 5.92. The number of carbonyl (C=O) groups is 1. The number of carboxylic acid groups (broad SMARTS) is 1. The number of carboxylic acids is 1. The molecule has 2 fully saturated rings. The minimum atomic E-state index is -1.04. The molecular weight excluding hydrogens is 524 g/mol. The number of rotatable bonds is 9. The lowest BCUT2D eigenvalue weighted by molar-refractivity contribution is 0.0691.